The Bertz CT molecular complexity index is 171. The van der Waals surface area contributed by atoms with Crippen molar-refractivity contribution in [3.8, 4) is 0 Å². The van der Waals surface area contributed by atoms with Gasteiger partial charge in [-0.25, -0.2) is 0 Å². The first-order valence-electron chi connectivity index (χ1n) is 4.72. The third-order valence-corrected chi connectivity index (χ3v) is 2.60. The van der Waals surface area contributed by atoms with Crippen molar-refractivity contribution in [1.82, 2.24) is 4.90 Å². The molecular formula is C9H15NO2. The summed E-state index contributed by atoms with van der Waals surface area (Å²) in [5.74, 6) is 0.939. The fourth-order valence-corrected chi connectivity index (χ4v) is 1.63. The van der Waals surface area contributed by atoms with Crippen molar-refractivity contribution in [1.29, 1.82) is 0 Å². The summed E-state index contributed by atoms with van der Waals surface area (Å²) in [4.78, 5) is 13.3. The Kier molecular flexibility index (Phi) is 2.30. The molecule has 0 bridgehead atoms. The predicted molar refractivity (Wildman–Crippen MR) is 44.7 cm³/mol. The van der Waals surface area contributed by atoms with Crippen LogP contribution in [0.25, 0.3) is 0 Å². The lowest BCUT2D eigenvalue weighted by molar-refractivity contribution is -0.127. The van der Waals surface area contributed by atoms with Crippen LogP contribution in [-0.4, -0.2) is 37.1 Å². The van der Waals surface area contributed by atoms with Gasteiger partial charge in [-0.15, -0.1) is 0 Å². The second-order valence-electron chi connectivity index (χ2n) is 3.64. The molecule has 2 fully saturated rings. The number of ether oxygens (including phenoxy) is 1. The zero-order valence-corrected chi connectivity index (χ0v) is 7.29. The Balaban J connectivity index is 1.73. The zero-order valence-electron chi connectivity index (χ0n) is 7.29. The molecule has 0 atom stereocenters. The highest BCUT2D eigenvalue weighted by Gasteiger charge is 2.26. The lowest BCUT2D eigenvalue weighted by Crippen LogP contribution is -2.21. The van der Waals surface area contributed by atoms with Gasteiger partial charge in [0.15, 0.2) is 0 Å². The molecule has 0 radical (unpaired) electrons. The summed E-state index contributed by atoms with van der Waals surface area (Å²) in [7, 11) is 0. The number of carbonyl (C=O) groups is 1. The molecule has 1 amide bonds. The van der Waals surface area contributed by atoms with Gasteiger partial charge in [0.25, 0.3) is 0 Å². The molecule has 12 heavy (non-hydrogen) atoms. The molecule has 3 nitrogen and oxygen atoms in total. The highest BCUT2D eigenvalue weighted by molar-refractivity contribution is 5.78. The number of hydrogen-bond donors (Lipinski definition) is 0. The third-order valence-electron chi connectivity index (χ3n) is 2.60. The van der Waals surface area contributed by atoms with Crippen LogP contribution in [0.2, 0.25) is 0 Å². The SMILES string of the molecule is O=C(CC1CCOCC1)N1CC1. The van der Waals surface area contributed by atoms with E-state index in [4.69, 9.17) is 4.74 Å². The lowest BCUT2D eigenvalue weighted by Gasteiger charge is -2.21. The Morgan fingerprint density at radius 2 is 2.00 bits per heavy atom. The minimum Gasteiger partial charge on any atom is -0.381 e. The van der Waals surface area contributed by atoms with Gasteiger partial charge in [-0.1, -0.05) is 0 Å². The molecule has 0 aromatic heterocycles. The van der Waals surface area contributed by atoms with Crippen LogP contribution in [0.5, 0.6) is 0 Å². The topological polar surface area (TPSA) is 29.3 Å². The van der Waals surface area contributed by atoms with Crippen LogP contribution in [-0.2, 0) is 9.53 Å². The average molecular weight is 169 g/mol. The van der Waals surface area contributed by atoms with E-state index in [2.05, 4.69) is 0 Å². The fourth-order valence-electron chi connectivity index (χ4n) is 1.63. The number of nitrogens with zero attached hydrogens (tertiary/aromatic N) is 1. The van der Waals surface area contributed by atoms with E-state index in [0.29, 0.717) is 11.8 Å². The summed E-state index contributed by atoms with van der Waals surface area (Å²) in [5, 5.41) is 0. The minimum atomic E-state index is 0.349. The Labute approximate surface area is 72.7 Å². The lowest BCUT2D eigenvalue weighted by atomic mass is 9.96. The first kappa shape index (κ1) is 8.05. The molecule has 0 aliphatic carbocycles. The van der Waals surface area contributed by atoms with Gasteiger partial charge in [-0.05, 0) is 18.8 Å². The summed E-state index contributed by atoms with van der Waals surface area (Å²) in [6.07, 6.45) is 2.89. The van der Waals surface area contributed by atoms with Crippen molar-refractivity contribution < 1.29 is 9.53 Å². The van der Waals surface area contributed by atoms with Gasteiger partial charge in [-0.2, -0.15) is 0 Å². The van der Waals surface area contributed by atoms with Crippen molar-refractivity contribution >= 4 is 5.91 Å². The van der Waals surface area contributed by atoms with Gasteiger partial charge < -0.3 is 9.64 Å². The van der Waals surface area contributed by atoms with Crippen molar-refractivity contribution in [3.05, 3.63) is 0 Å². The van der Waals surface area contributed by atoms with Crippen LogP contribution in [0, 0.1) is 5.92 Å². The first-order chi connectivity index (χ1) is 5.86. The zero-order chi connectivity index (χ0) is 8.39. The summed E-state index contributed by atoms with van der Waals surface area (Å²) >= 11 is 0. The third kappa shape index (κ3) is 1.97. The van der Waals surface area contributed by atoms with E-state index in [1.807, 2.05) is 4.90 Å². The molecule has 2 saturated heterocycles. The maximum absolute atomic E-state index is 11.4. The summed E-state index contributed by atoms with van der Waals surface area (Å²) in [6.45, 7) is 3.67. The first-order valence-corrected chi connectivity index (χ1v) is 4.72. The maximum atomic E-state index is 11.4. The van der Waals surface area contributed by atoms with E-state index < -0.39 is 0 Å². The van der Waals surface area contributed by atoms with E-state index in [0.717, 1.165) is 45.6 Å². The molecule has 68 valence electrons. The fraction of sp³-hybridized carbons (Fsp3) is 0.889. The molecule has 0 unspecified atom stereocenters. The smallest absolute Gasteiger partial charge is 0.222 e. The van der Waals surface area contributed by atoms with Crippen molar-refractivity contribution in [2.24, 2.45) is 5.92 Å². The number of hydrogen-bond acceptors (Lipinski definition) is 2. The highest BCUT2D eigenvalue weighted by Crippen LogP contribution is 2.20. The van der Waals surface area contributed by atoms with E-state index in [-0.39, 0.29) is 0 Å². The van der Waals surface area contributed by atoms with Crippen LogP contribution in [0.15, 0.2) is 0 Å². The Hall–Kier alpha value is -0.570. The number of rotatable bonds is 2. The van der Waals surface area contributed by atoms with E-state index >= 15 is 0 Å². The quantitative estimate of drug-likeness (QED) is 0.568. The Morgan fingerprint density at radius 3 is 2.58 bits per heavy atom. The summed E-state index contributed by atoms with van der Waals surface area (Å²) in [6, 6.07) is 0. The number of amides is 1. The largest absolute Gasteiger partial charge is 0.381 e. The molecule has 2 aliphatic rings. The predicted octanol–water partition coefficient (Wildman–Crippen LogP) is 0.645. The molecule has 0 N–H and O–H groups in total. The van der Waals surface area contributed by atoms with Gasteiger partial charge >= 0.3 is 0 Å². The maximum Gasteiger partial charge on any atom is 0.222 e. The second-order valence-corrected chi connectivity index (χ2v) is 3.64. The van der Waals surface area contributed by atoms with Crippen molar-refractivity contribution in [2.75, 3.05) is 26.3 Å². The normalized spacial score (nSPS) is 24.2. The monoisotopic (exact) mass is 169 g/mol. The van der Waals surface area contributed by atoms with E-state index in [1.54, 1.807) is 0 Å². The molecule has 2 aliphatic heterocycles. The molecule has 0 aromatic carbocycles. The molecule has 2 rings (SSSR count). The highest BCUT2D eigenvalue weighted by atomic mass is 16.5. The molecule has 0 spiro atoms. The standard InChI is InChI=1S/C9H15NO2/c11-9(10-3-4-10)7-8-1-5-12-6-2-8/h8H,1-7H2. The van der Waals surface area contributed by atoms with Crippen LogP contribution < -0.4 is 0 Å². The van der Waals surface area contributed by atoms with Crippen molar-refractivity contribution in [2.45, 2.75) is 19.3 Å². The van der Waals surface area contributed by atoms with E-state index in [1.165, 1.54) is 0 Å². The molecule has 3 heteroatoms. The molecule has 0 aromatic rings. The van der Waals surface area contributed by atoms with Gasteiger partial charge in [0.1, 0.15) is 0 Å². The number of carbonyl (C=O) groups excluding carboxylic acids is 1. The average Bonchev–Trinajstić information content (AvgIpc) is 2.88. The summed E-state index contributed by atoms with van der Waals surface area (Å²) < 4.78 is 5.23. The molecule has 0 saturated carbocycles. The van der Waals surface area contributed by atoms with Crippen LogP contribution >= 0.6 is 0 Å². The summed E-state index contributed by atoms with van der Waals surface area (Å²) in [5.41, 5.74) is 0. The van der Waals surface area contributed by atoms with Crippen LogP contribution in [0.1, 0.15) is 19.3 Å². The molecule has 2 heterocycles. The van der Waals surface area contributed by atoms with Crippen LogP contribution in [0.3, 0.4) is 0 Å². The van der Waals surface area contributed by atoms with Gasteiger partial charge in [0.05, 0.1) is 0 Å². The van der Waals surface area contributed by atoms with Gasteiger partial charge in [0.2, 0.25) is 5.91 Å². The van der Waals surface area contributed by atoms with Gasteiger partial charge in [-0.3, -0.25) is 4.79 Å². The van der Waals surface area contributed by atoms with E-state index in [9.17, 15) is 4.79 Å². The van der Waals surface area contributed by atoms with Crippen LogP contribution in [0.4, 0.5) is 0 Å². The van der Waals surface area contributed by atoms with Crippen molar-refractivity contribution in [3.63, 3.8) is 0 Å². The Morgan fingerprint density at radius 1 is 1.33 bits per heavy atom. The minimum absolute atomic E-state index is 0.349. The molecular weight excluding hydrogens is 154 g/mol. The second kappa shape index (κ2) is 3.44. The van der Waals surface area contributed by atoms with Gasteiger partial charge in [0, 0.05) is 32.7 Å².